The lowest BCUT2D eigenvalue weighted by molar-refractivity contribution is -0.148. The molecule has 0 saturated heterocycles. The van der Waals surface area contributed by atoms with Crippen molar-refractivity contribution < 1.29 is 14.3 Å². The summed E-state index contributed by atoms with van der Waals surface area (Å²) in [4.78, 5) is 12.1. The SMILES string of the molecule is COC(=O)C(N)(CCOc1ccccc1)c1ccccc1. The van der Waals surface area contributed by atoms with Gasteiger partial charge < -0.3 is 15.2 Å². The maximum Gasteiger partial charge on any atom is 0.330 e. The highest BCUT2D eigenvalue weighted by Gasteiger charge is 2.37. The number of rotatable bonds is 6. The second kappa shape index (κ2) is 6.90. The van der Waals surface area contributed by atoms with Crippen molar-refractivity contribution in [2.45, 2.75) is 12.0 Å². The first-order valence-electron chi connectivity index (χ1n) is 6.77. The van der Waals surface area contributed by atoms with E-state index >= 15 is 0 Å². The number of hydrogen-bond donors (Lipinski definition) is 1. The molecular formula is C17H19NO3. The molecule has 4 heteroatoms. The van der Waals surface area contributed by atoms with Crippen LogP contribution in [0.3, 0.4) is 0 Å². The fourth-order valence-corrected chi connectivity index (χ4v) is 2.13. The Kier molecular flexibility index (Phi) is 4.95. The van der Waals surface area contributed by atoms with Crippen LogP contribution in [0.5, 0.6) is 5.75 Å². The van der Waals surface area contributed by atoms with Gasteiger partial charge in [0.05, 0.1) is 13.7 Å². The average molecular weight is 285 g/mol. The highest BCUT2D eigenvalue weighted by molar-refractivity contribution is 5.82. The van der Waals surface area contributed by atoms with Gasteiger partial charge in [-0.25, -0.2) is 4.79 Å². The van der Waals surface area contributed by atoms with Gasteiger partial charge in [-0.3, -0.25) is 0 Å². The number of carbonyl (C=O) groups excluding carboxylic acids is 1. The molecule has 0 heterocycles. The molecule has 1 atom stereocenters. The molecule has 0 aliphatic rings. The minimum atomic E-state index is -1.20. The second-order valence-electron chi connectivity index (χ2n) is 4.74. The van der Waals surface area contributed by atoms with Crippen LogP contribution in [0.25, 0.3) is 0 Å². The molecule has 2 N–H and O–H groups in total. The number of esters is 1. The fourth-order valence-electron chi connectivity index (χ4n) is 2.13. The third-order valence-electron chi connectivity index (χ3n) is 3.35. The van der Waals surface area contributed by atoms with Crippen LogP contribution < -0.4 is 10.5 Å². The Balaban J connectivity index is 2.09. The van der Waals surface area contributed by atoms with E-state index in [2.05, 4.69) is 0 Å². The van der Waals surface area contributed by atoms with Crippen molar-refractivity contribution in [3.05, 3.63) is 66.2 Å². The van der Waals surface area contributed by atoms with Gasteiger partial charge in [-0.2, -0.15) is 0 Å². The third-order valence-corrected chi connectivity index (χ3v) is 3.35. The molecule has 1 unspecified atom stereocenters. The number of methoxy groups -OCH3 is 1. The molecule has 2 rings (SSSR count). The number of para-hydroxylation sites is 1. The monoisotopic (exact) mass is 285 g/mol. The van der Waals surface area contributed by atoms with E-state index in [1.165, 1.54) is 7.11 Å². The maximum absolute atomic E-state index is 12.1. The molecular weight excluding hydrogens is 266 g/mol. The number of nitrogens with two attached hydrogens (primary N) is 1. The number of benzene rings is 2. The summed E-state index contributed by atoms with van der Waals surface area (Å²) in [5, 5.41) is 0. The summed E-state index contributed by atoms with van der Waals surface area (Å²) in [6.07, 6.45) is 0.332. The summed E-state index contributed by atoms with van der Waals surface area (Å²) in [7, 11) is 1.34. The van der Waals surface area contributed by atoms with E-state index in [1.807, 2.05) is 60.7 Å². The van der Waals surface area contributed by atoms with Crippen LogP contribution in [0, 0.1) is 0 Å². The molecule has 2 aromatic rings. The summed E-state index contributed by atoms with van der Waals surface area (Å²) < 4.78 is 10.5. The predicted octanol–water partition coefficient (Wildman–Crippen LogP) is 2.48. The Bertz CT molecular complexity index is 571. The smallest absolute Gasteiger partial charge is 0.330 e. The van der Waals surface area contributed by atoms with Crippen molar-refractivity contribution in [1.82, 2.24) is 0 Å². The second-order valence-corrected chi connectivity index (χ2v) is 4.74. The van der Waals surface area contributed by atoms with E-state index in [4.69, 9.17) is 15.2 Å². The standard InChI is InChI=1S/C17H19NO3/c1-20-16(19)17(18,14-8-4-2-5-9-14)12-13-21-15-10-6-3-7-11-15/h2-11H,12-13,18H2,1H3. The van der Waals surface area contributed by atoms with E-state index in [9.17, 15) is 4.79 Å². The van der Waals surface area contributed by atoms with Crippen molar-refractivity contribution in [2.75, 3.05) is 13.7 Å². The van der Waals surface area contributed by atoms with E-state index in [1.54, 1.807) is 0 Å². The molecule has 0 fully saturated rings. The molecule has 0 saturated carbocycles. The van der Waals surface area contributed by atoms with Gasteiger partial charge in [0.15, 0.2) is 0 Å². The van der Waals surface area contributed by atoms with E-state index < -0.39 is 11.5 Å². The Labute approximate surface area is 124 Å². The molecule has 2 aromatic carbocycles. The zero-order valence-electron chi connectivity index (χ0n) is 12.0. The van der Waals surface area contributed by atoms with Gasteiger partial charge in [0.25, 0.3) is 0 Å². The minimum Gasteiger partial charge on any atom is -0.493 e. The lowest BCUT2D eigenvalue weighted by Gasteiger charge is -2.27. The first kappa shape index (κ1) is 15.1. The van der Waals surface area contributed by atoms with Crippen LogP contribution >= 0.6 is 0 Å². The van der Waals surface area contributed by atoms with Crippen LogP contribution in [0.1, 0.15) is 12.0 Å². The topological polar surface area (TPSA) is 61.5 Å². The largest absolute Gasteiger partial charge is 0.493 e. The van der Waals surface area contributed by atoms with Gasteiger partial charge in [-0.05, 0) is 17.7 Å². The summed E-state index contributed by atoms with van der Waals surface area (Å²) >= 11 is 0. The maximum atomic E-state index is 12.1. The highest BCUT2D eigenvalue weighted by Crippen LogP contribution is 2.24. The van der Waals surface area contributed by atoms with Gasteiger partial charge in [0.2, 0.25) is 0 Å². The molecule has 0 amide bonds. The van der Waals surface area contributed by atoms with Crippen molar-refractivity contribution in [3.8, 4) is 5.75 Å². The molecule has 110 valence electrons. The van der Waals surface area contributed by atoms with Crippen LogP contribution in [0.2, 0.25) is 0 Å². The van der Waals surface area contributed by atoms with Crippen LogP contribution in [-0.2, 0) is 15.1 Å². The average Bonchev–Trinajstić information content (AvgIpc) is 2.55. The quantitative estimate of drug-likeness (QED) is 0.828. The summed E-state index contributed by atoms with van der Waals surface area (Å²) in [6.45, 7) is 0.324. The Morgan fingerprint density at radius 3 is 2.19 bits per heavy atom. The first-order chi connectivity index (χ1) is 10.2. The highest BCUT2D eigenvalue weighted by atomic mass is 16.5. The van der Waals surface area contributed by atoms with E-state index in [0.717, 1.165) is 5.75 Å². The van der Waals surface area contributed by atoms with Crippen molar-refractivity contribution >= 4 is 5.97 Å². The van der Waals surface area contributed by atoms with Gasteiger partial charge in [0.1, 0.15) is 11.3 Å². The molecule has 4 nitrogen and oxygen atoms in total. The van der Waals surface area contributed by atoms with Crippen LogP contribution in [-0.4, -0.2) is 19.7 Å². The normalized spacial score (nSPS) is 13.2. The number of carbonyl (C=O) groups is 1. The van der Waals surface area contributed by atoms with Crippen molar-refractivity contribution in [2.24, 2.45) is 5.73 Å². The zero-order chi connectivity index (χ0) is 15.1. The van der Waals surface area contributed by atoms with Gasteiger partial charge in [-0.1, -0.05) is 48.5 Å². The molecule has 0 aliphatic carbocycles. The minimum absolute atomic E-state index is 0.324. The van der Waals surface area contributed by atoms with Crippen molar-refractivity contribution in [1.29, 1.82) is 0 Å². The van der Waals surface area contributed by atoms with Gasteiger partial charge in [-0.15, -0.1) is 0 Å². The molecule has 0 radical (unpaired) electrons. The summed E-state index contributed by atoms with van der Waals surface area (Å²) in [6, 6.07) is 18.6. The number of ether oxygens (including phenoxy) is 2. The van der Waals surface area contributed by atoms with Gasteiger partial charge >= 0.3 is 5.97 Å². The Morgan fingerprint density at radius 1 is 1.05 bits per heavy atom. The van der Waals surface area contributed by atoms with E-state index in [0.29, 0.717) is 18.6 Å². The zero-order valence-corrected chi connectivity index (χ0v) is 12.0. The summed E-state index contributed by atoms with van der Waals surface area (Å²) in [5.74, 6) is 0.281. The molecule has 0 aliphatic heterocycles. The Morgan fingerprint density at radius 2 is 1.62 bits per heavy atom. The molecule has 0 aromatic heterocycles. The number of hydrogen-bond acceptors (Lipinski definition) is 4. The third kappa shape index (κ3) is 3.61. The van der Waals surface area contributed by atoms with E-state index in [-0.39, 0.29) is 0 Å². The Hall–Kier alpha value is -2.33. The summed E-state index contributed by atoms with van der Waals surface area (Å²) in [5.41, 5.74) is 5.80. The predicted molar refractivity (Wildman–Crippen MR) is 80.9 cm³/mol. The van der Waals surface area contributed by atoms with Gasteiger partial charge in [0, 0.05) is 6.42 Å². The lowest BCUT2D eigenvalue weighted by atomic mass is 9.88. The van der Waals surface area contributed by atoms with Crippen LogP contribution in [0.15, 0.2) is 60.7 Å². The fraction of sp³-hybridized carbons (Fsp3) is 0.235. The molecule has 0 spiro atoms. The first-order valence-corrected chi connectivity index (χ1v) is 6.77. The lowest BCUT2D eigenvalue weighted by Crippen LogP contribution is -2.46. The van der Waals surface area contributed by atoms with Crippen LogP contribution in [0.4, 0.5) is 0 Å². The molecule has 0 bridgehead atoms. The van der Waals surface area contributed by atoms with Crippen molar-refractivity contribution in [3.63, 3.8) is 0 Å². The molecule has 21 heavy (non-hydrogen) atoms.